The molecule has 0 bridgehead atoms. The fraction of sp³-hybridized carbons (Fsp3) is 0.0952. The van der Waals surface area contributed by atoms with Gasteiger partial charge in [-0.15, -0.1) is 0 Å². The van der Waals surface area contributed by atoms with Gasteiger partial charge < -0.3 is 10.1 Å². The number of benzene rings is 3. The molecular weight excluding hydrogens is 468 g/mol. The van der Waals surface area contributed by atoms with Crippen molar-refractivity contribution in [3.8, 4) is 5.75 Å². The number of nitro benzene ring substituents is 2. The summed E-state index contributed by atoms with van der Waals surface area (Å²) in [6.45, 7) is 1.57. The topological polar surface area (TPSA) is 171 Å². The van der Waals surface area contributed by atoms with Gasteiger partial charge in [-0.3, -0.25) is 29.7 Å². The zero-order chi connectivity index (χ0) is 25.0. The van der Waals surface area contributed by atoms with Crippen molar-refractivity contribution in [2.24, 2.45) is 0 Å². The zero-order valence-electron chi connectivity index (χ0n) is 17.8. The number of hydrogen-bond donors (Lipinski definition) is 2. The van der Waals surface area contributed by atoms with Gasteiger partial charge in [-0.1, -0.05) is 6.07 Å². The number of carbonyl (C=O) groups is 1. The van der Waals surface area contributed by atoms with E-state index in [2.05, 4.69) is 10.0 Å². The molecule has 13 heteroatoms. The van der Waals surface area contributed by atoms with Gasteiger partial charge in [0.25, 0.3) is 27.3 Å². The first kappa shape index (κ1) is 24.1. The van der Waals surface area contributed by atoms with Crippen LogP contribution in [0.1, 0.15) is 15.9 Å². The molecule has 3 aromatic rings. The third-order valence-corrected chi connectivity index (χ3v) is 6.11. The highest BCUT2D eigenvalue weighted by Crippen LogP contribution is 2.31. The number of nitro groups is 2. The predicted octanol–water partition coefficient (Wildman–Crippen LogP) is 3.87. The minimum absolute atomic E-state index is 0.0809. The zero-order valence-corrected chi connectivity index (χ0v) is 18.7. The molecule has 0 radical (unpaired) electrons. The van der Waals surface area contributed by atoms with Crippen molar-refractivity contribution in [1.29, 1.82) is 0 Å². The number of nitrogens with one attached hydrogen (secondary N) is 2. The van der Waals surface area contributed by atoms with Gasteiger partial charge in [-0.2, -0.15) is 0 Å². The molecule has 0 aliphatic heterocycles. The summed E-state index contributed by atoms with van der Waals surface area (Å²) in [6.07, 6.45) is 0. The van der Waals surface area contributed by atoms with Crippen LogP contribution in [0, 0.1) is 27.2 Å². The Morgan fingerprint density at radius 3 is 2.21 bits per heavy atom. The molecule has 0 saturated heterocycles. The van der Waals surface area contributed by atoms with Gasteiger partial charge in [0.15, 0.2) is 0 Å². The van der Waals surface area contributed by atoms with Gasteiger partial charge in [0.1, 0.15) is 5.75 Å². The Kier molecular flexibility index (Phi) is 6.77. The number of aryl methyl sites for hydroxylation is 1. The number of sulfonamides is 1. The molecule has 0 aromatic heterocycles. The third kappa shape index (κ3) is 5.27. The van der Waals surface area contributed by atoms with Crippen LogP contribution in [-0.4, -0.2) is 31.3 Å². The van der Waals surface area contributed by atoms with Crippen molar-refractivity contribution >= 4 is 38.7 Å². The molecule has 176 valence electrons. The van der Waals surface area contributed by atoms with E-state index >= 15 is 0 Å². The maximum atomic E-state index is 12.8. The van der Waals surface area contributed by atoms with Crippen molar-refractivity contribution in [2.45, 2.75) is 11.8 Å². The minimum Gasteiger partial charge on any atom is -0.495 e. The van der Waals surface area contributed by atoms with E-state index in [-0.39, 0.29) is 39.0 Å². The molecule has 0 fully saturated rings. The smallest absolute Gasteiger partial charge is 0.274 e. The number of nitrogens with zero attached hydrogens (tertiary/aromatic N) is 2. The number of amides is 1. The van der Waals surface area contributed by atoms with Crippen molar-refractivity contribution in [3.63, 3.8) is 0 Å². The van der Waals surface area contributed by atoms with E-state index in [1.807, 2.05) is 0 Å². The second-order valence-corrected chi connectivity index (χ2v) is 8.67. The van der Waals surface area contributed by atoms with Crippen LogP contribution in [0.4, 0.5) is 22.7 Å². The van der Waals surface area contributed by atoms with Crippen LogP contribution in [0.3, 0.4) is 0 Å². The molecule has 0 atom stereocenters. The lowest BCUT2D eigenvalue weighted by molar-refractivity contribution is -0.385. The molecule has 0 saturated carbocycles. The van der Waals surface area contributed by atoms with E-state index in [4.69, 9.17) is 4.74 Å². The van der Waals surface area contributed by atoms with Crippen LogP contribution in [0.25, 0.3) is 0 Å². The summed E-state index contributed by atoms with van der Waals surface area (Å²) in [5.41, 5.74) is 0.141. The Hall–Kier alpha value is -4.52. The number of ether oxygens (including phenoxy) is 1. The van der Waals surface area contributed by atoms with Crippen LogP contribution < -0.4 is 14.8 Å². The van der Waals surface area contributed by atoms with Crippen molar-refractivity contribution in [1.82, 2.24) is 0 Å². The number of rotatable bonds is 8. The molecule has 0 unspecified atom stereocenters. The van der Waals surface area contributed by atoms with Gasteiger partial charge in [0, 0.05) is 35.0 Å². The second kappa shape index (κ2) is 9.54. The maximum Gasteiger partial charge on any atom is 0.274 e. The minimum atomic E-state index is -4.17. The largest absolute Gasteiger partial charge is 0.495 e. The molecule has 12 nitrogen and oxygen atoms in total. The average Bonchev–Trinajstić information content (AvgIpc) is 2.79. The molecule has 2 N–H and O–H groups in total. The number of methoxy groups -OCH3 is 1. The fourth-order valence-electron chi connectivity index (χ4n) is 2.97. The van der Waals surface area contributed by atoms with Crippen LogP contribution in [-0.2, 0) is 10.0 Å². The number of hydrogen-bond acceptors (Lipinski definition) is 8. The Morgan fingerprint density at radius 1 is 0.941 bits per heavy atom. The van der Waals surface area contributed by atoms with Crippen LogP contribution in [0.2, 0.25) is 0 Å². The van der Waals surface area contributed by atoms with Gasteiger partial charge >= 0.3 is 0 Å². The highest BCUT2D eigenvalue weighted by atomic mass is 32.2. The van der Waals surface area contributed by atoms with Crippen molar-refractivity contribution in [2.75, 3.05) is 17.1 Å². The predicted molar refractivity (Wildman–Crippen MR) is 123 cm³/mol. The molecule has 0 spiro atoms. The highest BCUT2D eigenvalue weighted by Gasteiger charge is 2.20. The normalized spacial score (nSPS) is 10.9. The summed E-state index contributed by atoms with van der Waals surface area (Å²) >= 11 is 0. The van der Waals surface area contributed by atoms with E-state index in [1.165, 1.54) is 61.7 Å². The van der Waals surface area contributed by atoms with E-state index in [0.29, 0.717) is 5.56 Å². The van der Waals surface area contributed by atoms with Gasteiger partial charge in [-0.25, -0.2) is 8.42 Å². The van der Waals surface area contributed by atoms with Gasteiger partial charge in [0.05, 0.1) is 27.5 Å². The SMILES string of the molecule is COc1ccc([N+](=O)[O-])cc1NS(=O)(=O)c1ccc(C(=O)Nc2ccc(C)c([N+](=O)[O-])c2)cc1. The lowest BCUT2D eigenvalue weighted by Gasteiger charge is -2.12. The summed E-state index contributed by atoms with van der Waals surface area (Å²) in [4.78, 5) is 33.1. The molecule has 34 heavy (non-hydrogen) atoms. The lowest BCUT2D eigenvalue weighted by atomic mass is 10.1. The molecule has 3 aromatic carbocycles. The maximum absolute atomic E-state index is 12.8. The Morgan fingerprint density at radius 2 is 1.62 bits per heavy atom. The summed E-state index contributed by atoms with van der Waals surface area (Å²) in [5.74, 6) is -0.521. The summed E-state index contributed by atoms with van der Waals surface area (Å²) in [7, 11) is -2.88. The monoisotopic (exact) mass is 486 g/mol. The Balaban J connectivity index is 1.80. The van der Waals surface area contributed by atoms with E-state index in [0.717, 1.165) is 6.07 Å². The van der Waals surface area contributed by atoms with Crippen molar-refractivity contribution < 1.29 is 27.8 Å². The first-order valence-corrected chi connectivity index (χ1v) is 11.0. The van der Waals surface area contributed by atoms with E-state index < -0.39 is 25.8 Å². The highest BCUT2D eigenvalue weighted by molar-refractivity contribution is 7.92. The molecular formula is C21H18N4O8S. The lowest BCUT2D eigenvalue weighted by Crippen LogP contribution is -2.15. The summed E-state index contributed by atoms with van der Waals surface area (Å²) in [5, 5.41) is 24.6. The Labute approximate surface area is 193 Å². The van der Waals surface area contributed by atoms with E-state index in [1.54, 1.807) is 6.92 Å². The number of anilines is 2. The standard InChI is InChI=1S/C21H18N4O8S/c1-13-3-6-15(11-19(13)25(29)30)22-21(26)14-4-8-17(9-5-14)34(31,32)23-18-12-16(24(27)28)7-10-20(18)33-2/h3-12,23H,1-2H3,(H,22,26). The fourth-order valence-corrected chi connectivity index (χ4v) is 4.03. The summed E-state index contributed by atoms with van der Waals surface area (Å²) in [6, 6.07) is 12.6. The molecule has 0 heterocycles. The van der Waals surface area contributed by atoms with Crippen LogP contribution in [0.15, 0.2) is 65.6 Å². The molecule has 1 amide bonds. The van der Waals surface area contributed by atoms with Gasteiger partial charge in [0.2, 0.25) is 0 Å². The number of non-ortho nitro benzene ring substituents is 1. The third-order valence-electron chi connectivity index (χ3n) is 4.73. The average molecular weight is 486 g/mol. The van der Waals surface area contributed by atoms with Crippen molar-refractivity contribution in [3.05, 3.63) is 92.0 Å². The quantitative estimate of drug-likeness (QED) is 0.357. The first-order chi connectivity index (χ1) is 16.0. The van der Waals surface area contributed by atoms with E-state index in [9.17, 15) is 33.4 Å². The van der Waals surface area contributed by atoms with Crippen LogP contribution in [0.5, 0.6) is 5.75 Å². The van der Waals surface area contributed by atoms with Crippen LogP contribution >= 0.6 is 0 Å². The van der Waals surface area contributed by atoms with Gasteiger partial charge in [-0.05, 0) is 43.3 Å². The molecule has 3 rings (SSSR count). The molecule has 0 aliphatic carbocycles. The second-order valence-electron chi connectivity index (χ2n) is 6.98. The summed E-state index contributed by atoms with van der Waals surface area (Å²) < 4.78 is 32.8. The Bertz CT molecular complexity index is 1390. The number of carbonyl (C=O) groups excluding carboxylic acids is 1. The molecule has 0 aliphatic rings. The first-order valence-electron chi connectivity index (χ1n) is 9.53.